The van der Waals surface area contributed by atoms with Crippen molar-refractivity contribution >= 4 is 17.5 Å². The molecule has 3 rings (SSSR count). The molecule has 25 heavy (non-hydrogen) atoms. The third-order valence-electron chi connectivity index (χ3n) is 4.18. The summed E-state index contributed by atoms with van der Waals surface area (Å²) in [4.78, 5) is 12.7. The monoisotopic (exact) mass is 354 g/mol. The third kappa shape index (κ3) is 3.54. The average Bonchev–Trinajstić information content (AvgIpc) is 3.17. The van der Waals surface area contributed by atoms with Crippen molar-refractivity contribution in [1.82, 2.24) is 19.3 Å². The number of rotatable bonds is 6. The van der Waals surface area contributed by atoms with Crippen molar-refractivity contribution in [2.45, 2.75) is 38.9 Å². The van der Waals surface area contributed by atoms with Gasteiger partial charge in [-0.25, -0.2) is 0 Å². The second-order valence-corrected chi connectivity index (χ2v) is 7.22. The van der Waals surface area contributed by atoms with E-state index in [1.54, 1.807) is 6.33 Å². The smallest absolute Gasteiger partial charge is 0.196 e. The van der Waals surface area contributed by atoms with E-state index in [1.807, 2.05) is 54.8 Å². The summed E-state index contributed by atoms with van der Waals surface area (Å²) in [5.74, 6) is 0.459. The Morgan fingerprint density at radius 2 is 1.92 bits per heavy atom. The average molecular weight is 354 g/mol. The lowest BCUT2D eigenvalue weighted by molar-refractivity contribution is 0.102. The molecule has 130 valence electrons. The van der Waals surface area contributed by atoms with Crippen LogP contribution in [0.15, 0.2) is 47.9 Å². The van der Waals surface area contributed by atoms with E-state index >= 15 is 0 Å². The fourth-order valence-corrected chi connectivity index (χ4v) is 3.96. The first kappa shape index (κ1) is 17.5. The maximum atomic E-state index is 12.7. The number of thioether (sulfide) groups is 1. The van der Waals surface area contributed by atoms with Crippen molar-refractivity contribution in [3.63, 3.8) is 0 Å². The molecule has 0 fully saturated rings. The Morgan fingerprint density at radius 3 is 2.56 bits per heavy atom. The summed E-state index contributed by atoms with van der Waals surface area (Å²) >= 11 is 1.41. The second-order valence-electron chi connectivity index (χ2n) is 6.28. The van der Waals surface area contributed by atoms with Gasteiger partial charge in [-0.3, -0.25) is 9.36 Å². The molecule has 3 aromatic rings. The van der Waals surface area contributed by atoms with Gasteiger partial charge in [0.1, 0.15) is 6.33 Å². The van der Waals surface area contributed by atoms with Crippen LogP contribution < -0.4 is 0 Å². The summed E-state index contributed by atoms with van der Waals surface area (Å²) < 4.78 is 4.10. The first-order chi connectivity index (χ1) is 12.0. The molecule has 0 N–H and O–H groups in total. The van der Waals surface area contributed by atoms with Crippen molar-refractivity contribution in [1.29, 1.82) is 0 Å². The highest BCUT2D eigenvalue weighted by molar-refractivity contribution is 7.99. The number of hydrogen-bond donors (Lipinski definition) is 0. The molecule has 0 saturated heterocycles. The number of hydrogen-bond acceptors (Lipinski definition) is 4. The van der Waals surface area contributed by atoms with E-state index in [2.05, 4.69) is 28.6 Å². The van der Waals surface area contributed by atoms with E-state index in [4.69, 9.17) is 0 Å². The van der Waals surface area contributed by atoms with E-state index in [0.717, 1.165) is 27.8 Å². The SMILES string of the molecule is Cc1cc(C(=O)CSc2nncn2-c2ccccc2)c(C)n1C(C)C. The summed E-state index contributed by atoms with van der Waals surface area (Å²) in [5, 5.41) is 8.85. The Morgan fingerprint density at radius 1 is 1.20 bits per heavy atom. The van der Waals surface area contributed by atoms with E-state index in [1.165, 1.54) is 11.8 Å². The summed E-state index contributed by atoms with van der Waals surface area (Å²) in [6.45, 7) is 8.32. The number of carbonyl (C=O) groups is 1. The van der Waals surface area contributed by atoms with Crippen molar-refractivity contribution in [2.75, 3.05) is 5.75 Å². The number of ketones is 1. The van der Waals surface area contributed by atoms with Crippen molar-refractivity contribution in [3.8, 4) is 5.69 Å². The molecule has 0 unspecified atom stereocenters. The number of para-hydroxylation sites is 1. The zero-order chi connectivity index (χ0) is 18.0. The Hall–Kier alpha value is -2.34. The van der Waals surface area contributed by atoms with Crippen LogP contribution in [0.25, 0.3) is 5.69 Å². The maximum Gasteiger partial charge on any atom is 0.196 e. The standard InChI is InChI=1S/C19H22N4OS/c1-13(2)23-14(3)10-17(15(23)4)18(24)11-25-19-21-20-12-22(19)16-8-6-5-7-9-16/h5-10,12-13H,11H2,1-4H3. The Kier molecular flexibility index (Phi) is 5.08. The molecule has 2 heterocycles. The van der Waals surface area contributed by atoms with Gasteiger partial charge in [-0.1, -0.05) is 30.0 Å². The maximum absolute atomic E-state index is 12.7. The molecule has 0 aliphatic rings. The Balaban J connectivity index is 1.77. The fourth-order valence-electron chi connectivity index (χ4n) is 3.15. The van der Waals surface area contributed by atoms with Gasteiger partial charge in [0.15, 0.2) is 10.9 Å². The summed E-state index contributed by atoms with van der Waals surface area (Å²) in [7, 11) is 0. The molecule has 0 aliphatic heterocycles. The molecule has 0 atom stereocenters. The lowest BCUT2D eigenvalue weighted by Gasteiger charge is -2.13. The summed E-state index contributed by atoms with van der Waals surface area (Å²) in [5.41, 5.74) is 3.93. The molecule has 6 heteroatoms. The zero-order valence-electron chi connectivity index (χ0n) is 14.9. The summed E-state index contributed by atoms with van der Waals surface area (Å²) in [6.07, 6.45) is 1.67. The van der Waals surface area contributed by atoms with Crippen LogP contribution in [0.5, 0.6) is 0 Å². The first-order valence-electron chi connectivity index (χ1n) is 8.29. The van der Waals surface area contributed by atoms with Crippen LogP contribution in [0, 0.1) is 13.8 Å². The molecular weight excluding hydrogens is 332 g/mol. The van der Waals surface area contributed by atoms with Gasteiger partial charge < -0.3 is 4.57 Å². The van der Waals surface area contributed by atoms with Crippen molar-refractivity contribution in [2.24, 2.45) is 0 Å². The van der Waals surface area contributed by atoms with Gasteiger partial charge in [0.2, 0.25) is 0 Å². The van der Waals surface area contributed by atoms with Crippen molar-refractivity contribution < 1.29 is 4.79 Å². The second kappa shape index (κ2) is 7.27. The van der Waals surface area contributed by atoms with Gasteiger partial charge in [0.25, 0.3) is 0 Å². The van der Waals surface area contributed by atoms with Gasteiger partial charge >= 0.3 is 0 Å². The molecule has 5 nitrogen and oxygen atoms in total. The van der Waals surface area contributed by atoms with Gasteiger partial charge in [-0.05, 0) is 45.9 Å². The lowest BCUT2D eigenvalue weighted by Crippen LogP contribution is -2.08. The van der Waals surface area contributed by atoms with Crippen LogP contribution in [0.1, 0.15) is 41.6 Å². The van der Waals surface area contributed by atoms with E-state index in [-0.39, 0.29) is 5.78 Å². The molecule has 0 aliphatic carbocycles. The molecular formula is C19H22N4OS. The molecule has 0 spiro atoms. The minimum absolute atomic E-state index is 0.118. The van der Waals surface area contributed by atoms with Gasteiger partial charge in [-0.2, -0.15) is 0 Å². The topological polar surface area (TPSA) is 52.7 Å². The highest BCUT2D eigenvalue weighted by Gasteiger charge is 2.18. The predicted octanol–water partition coefficient (Wildman–Crippen LogP) is 4.24. The van der Waals surface area contributed by atoms with Crippen LogP contribution in [0.2, 0.25) is 0 Å². The van der Waals surface area contributed by atoms with Crippen molar-refractivity contribution in [3.05, 3.63) is 59.7 Å². The first-order valence-corrected chi connectivity index (χ1v) is 9.27. The van der Waals surface area contributed by atoms with Gasteiger partial charge in [0, 0.05) is 28.7 Å². The van der Waals surface area contributed by atoms with Crippen LogP contribution >= 0.6 is 11.8 Å². The molecule has 0 radical (unpaired) electrons. The number of nitrogens with zero attached hydrogens (tertiary/aromatic N) is 4. The number of Topliss-reactive ketones (excluding diaryl/α,β-unsaturated/α-hetero) is 1. The Labute approximate surface area is 152 Å². The van der Waals surface area contributed by atoms with E-state index < -0.39 is 0 Å². The largest absolute Gasteiger partial charge is 0.346 e. The fraction of sp³-hybridized carbons (Fsp3) is 0.316. The minimum Gasteiger partial charge on any atom is -0.346 e. The third-order valence-corrected chi connectivity index (χ3v) is 5.13. The number of carbonyl (C=O) groups excluding carboxylic acids is 1. The normalized spacial score (nSPS) is 11.2. The molecule has 0 bridgehead atoms. The van der Waals surface area contributed by atoms with E-state index in [9.17, 15) is 4.79 Å². The molecule has 0 saturated carbocycles. The number of aryl methyl sites for hydroxylation is 1. The number of benzene rings is 1. The van der Waals surface area contributed by atoms with Gasteiger partial charge in [0.05, 0.1) is 5.75 Å². The van der Waals surface area contributed by atoms with Crippen LogP contribution in [0.4, 0.5) is 0 Å². The van der Waals surface area contributed by atoms with E-state index in [0.29, 0.717) is 11.8 Å². The molecule has 2 aromatic heterocycles. The quantitative estimate of drug-likeness (QED) is 0.491. The molecule has 1 aromatic carbocycles. The molecule has 0 amide bonds. The highest BCUT2D eigenvalue weighted by atomic mass is 32.2. The summed E-state index contributed by atoms with van der Waals surface area (Å²) in [6, 6.07) is 12.2. The predicted molar refractivity (Wildman–Crippen MR) is 101 cm³/mol. The zero-order valence-corrected chi connectivity index (χ0v) is 15.7. The highest BCUT2D eigenvalue weighted by Crippen LogP contribution is 2.24. The minimum atomic E-state index is 0.118. The van der Waals surface area contributed by atoms with Crippen LogP contribution in [-0.4, -0.2) is 30.9 Å². The Bertz CT molecular complexity index is 880. The van der Waals surface area contributed by atoms with Gasteiger partial charge in [-0.15, -0.1) is 10.2 Å². The lowest BCUT2D eigenvalue weighted by atomic mass is 10.2. The van der Waals surface area contributed by atoms with Crippen LogP contribution in [0.3, 0.4) is 0 Å². The van der Waals surface area contributed by atoms with Crippen LogP contribution in [-0.2, 0) is 0 Å². The number of aromatic nitrogens is 4.